The van der Waals surface area contributed by atoms with E-state index in [0.717, 1.165) is 13.0 Å². The Labute approximate surface area is 130 Å². The summed E-state index contributed by atoms with van der Waals surface area (Å²) in [5.74, 6) is 0.579. The van der Waals surface area contributed by atoms with Crippen molar-refractivity contribution in [2.24, 2.45) is 5.92 Å². The fourth-order valence-corrected chi connectivity index (χ4v) is 2.55. The van der Waals surface area contributed by atoms with Gasteiger partial charge in [0.15, 0.2) is 0 Å². The lowest BCUT2D eigenvalue weighted by Gasteiger charge is -2.31. The van der Waals surface area contributed by atoms with E-state index >= 15 is 0 Å². The van der Waals surface area contributed by atoms with Crippen molar-refractivity contribution in [2.45, 2.75) is 26.2 Å². The van der Waals surface area contributed by atoms with Gasteiger partial charge in [-0.2, -0.15) is 0 Å². The molecular formula is C16H23N3O3. The van der Waals surface area contributed by atoms with Gasteiger partial charge in [0, 0.05) is 37.8 Å². The summed E-state index contributed by atoms with van der Waals surface area (Å²) in [6.45, 7) is 3.96. The average molecular weight is 305 g/mol. The third-order valence-electron chi connectivity index (χ3n) is 3.89. The van der Waals surface area contributed by atoms with Gasteiger partial charge in [0.2, 0.25) is 11.8 Å². The lowest BCUT2D eigenvalue weighted by atomic mass is 9.95. The van der Waals surface area contributed by atoms with Crippen molar-refractivity contribution in [1.29, 1.82) is 0 Å². The first-order valence-electron chi connectivity index (χ1n) is 7.72. The van der Waals surface area contributed by atoms with E-state index in [2.05, 4.69) is 10.3 Å². The van der Waals surface area contributed by atoms with Crippen LogP contribution in [-0.4, -0.2) is 48.4 Å². The van der Waals surface area contributed by atoms with Gasteiger partial charge in [0.05, 0.1) is 12.7 Å². The van der Waals surface area contributed by atoms with E-state index in [-0.39, 0.29) is 17.7 Å². The molecule has 0 bridgehead atoms. The van der Waals surface area contributed by atoms with Crippen LogP contribution in [0.2, 0.25) is 0 Å². The molecule has 6 nitrogen and oxygen atoms in total. The molecule has 0 spiro atoms. The quantitative estimate of drug-likeness (QED) is 0.894. The molecule has 2 heterocycles. The molecule has 1 aromatic rings. The molecule has 0 aliphatic carbocycles. The molecule has 1 fully saturated rings. The molecule has 0 radical (unpaired) electrons. The number of pyridine rings is 1. The Balaban J connectivity index is 1.87. The number of carbonyl (C=O) groups excluding carboxylic acids is 2. The van der Waals surface area contributed by atoms with Gasteiger partial charge in [0.1, 0.15) is 0 Å². The number of nitrogens with zero attached hydrogens (tertiary/aromatic N) is 2. The van der Waals surface area contributed by atoms with E-state index in [1.165, 1.54) is 13.3 Å². The number of hydrogen-bond acceptors (Lipinski definition) is 4. The summed E-state index contributed by atoms with van der Waals surface area (Å²) >= 11 is 0. The molecule has 0 aromatic carbocycles. The van der Waals surface area contributed by atoms with Crippen molar-refractivity contribution >= 4 is 11.8 Å². The Morgan fingerprint density at radius 3 is 2.64 bits per heavy atom. The molecule has 1 N–H and O–H groups in total. The summed E-state index contributed by atoms with van der Waals surface area (Å²) in [6, 6.07) is 3.40. The van der Waals surface area contributed by atoms with E-state index in [4.69, 9.17) is 4.74 Å². The van der Waals surface area contributed by atoms with E-state index in [1.807, 2.05) is 6.92 Å². The van der Waals surface area contributed by atoms with Crippen LogP contribution in [0.3, 0.4) is 0 Å². The number of hydrogen-bond donors (Lipinski definition) is 1. The van der Waals surface area contributed by atoms with E-state index < -0.39 is 0 Å². The molecule has 2 rings (SSSR count). The predicted octanol–water partition coefficient (Wildman–Crippen LogP) is 1.47. The van der Waals surface area contributed by atoms with Gasteiger partial charge in [-0.05, 0) is 25.3 Å². The monoisotopic (exact) mass is 305 g/mol. The molecule has 22 heavy (non-hydrogen) atoms. The number of nitrogens with one attached hydrogen (secondary N) is 1. The Morgan fingerprint density at radius 1 is 1.36 bits per heavy atom. The van der Waals surface area contributed by atoms with Crippen LogP contribution >= 0.6 is 0 Å². The summed E-state index contributed by atoms with van der Waals surface area (Å²) in [4.78, 5) is 30.2. The average Bonchev–Trinajstić information content (AvgIpc) is 2.59. The predicted molar refractivity (Wildman–Crippen MR) is 82.7 cm³/mol. The maximum atomic E-state index is 12.4. The Bertz CT molecular complexity index is 508. The van der Waals surface area contributed by atoms with Crippen LogP contribution in [0.1, 0.15) is 36.5 Å². The highest BCUT2D eigenvalue weighted by atomic mass is 16.5. The van der Waals surface area contributed by atoms with Crippen molar-refractivity contribution in [3.63, 3.8) is 0 Å². The SMILES string of the molecule is CCCNC(=O)C1CCN(C(=O)c2ccc(OC)nc2)CC1. The van der Waals surface area contributed by atoms with Gasteiger partial charge in [0.25, 0.3) is 5.91 Å². The topological polar surface area (TPSA) is 71.5 Å². The maximum absolute atomic E-state index is 12.4. The third kappa shape index (κ3) is 3.96. The minimum atomic E-state index is -0.0393. The van der Waals surface area contributed by atoms with Crippen LogP contribution in [0.25, 0.3) is 0 Å². The molecule has 1 aliphatic rings. The van der Waals surface area contributed by atoms with Crippen molar-refractivity contribution in [2.75, 3.05) is 26.7 Å². The zero-order valence-electron chi connectivity index (χ0n) is 13.2. The van der Waals surface area contributed by atoms with Gasteiger partial charge in [-0.3, -0.25) is 9.59 Å². The van der Waals surface area contributed by atoms with Gasteiger partial charge >= 0.3 is 0 Å². The highest BCUT2D eigenvalue weighted by molar-refractivity contribution is 5.94. The molecular weight excluding hydrogens is 282 g/mol. The Kier molecular flexibility index (Phi) is 5.75. The number of ether oxygens (including phenoxy) is 1. The Morgan fingerprint density at radius 2 is 2.09 bits per heavy atom. The number of rotatable bonds is 5. The van der Waals surface area contributed by atoms with Crippen LogP contribution in [0.5, 0.6) is 5.88 Å². The zero-order valence-corrected chi connectivity index (χ0v) is 13.2. The normalized spacial score (nSPS) is 15.5. The van der Waals surface area contributed by atoms with Crippen LogP contribution in [0.15, 0.2) is 18.3 Å². The first-order chi connectivity index (χ1) is 10.7. The van der Waals surface area contributed by atoms with Crippen molar-refractivity contribution < 1.29 is 14.3 Å². The second-order valence-electron chi connectivity index (χ2n) is 5.45. The summed E-state index contributed by atoms with van der Waals surface area (Å²) in [6.07, 6.45) is 3.89. The number of amides is 2. The smallest absolute Gasteiger partial charge is 0.255 e. The zero-order chi connectivity index (χ0) is 15.9. The van der Waals surface area contributed by atoms with Gasteiger partial charge in [-0.1, -0.05) is 6.92 Å². The van der Waals surface area contributed by atoms with Crippen LogP contribution in [0, 0.1) is 5.92 Å². The summed E-state index contributed by atoms with van der Waals surface area (Å²) < 4.78 is 4.99. The molecule has 0 atom stereocenters. The molecule has 120 valence electrons. The van der Waals surface area contributed by atoms with Gasteiger partial charge in [-0.25, -0.2) is 4.98 Å². The summed E-state index contributed by atoms with van der Waals surface area (Å²) in [5, 5.41) is 2.92. The second kappa shape index (κ2) is 7.77. The van der Waals surface area contributed by atoms with Gasteiger partial charge in [-0.15, -0.1) is 0 Å². The first kappa shape index (κ1) is 16.3. The molecule has 0 saturated carbocycles. The largest absolute Gasteiger partial charge is 0.481 e. The van der Waals surface area contributed by atoms with Crippen molar-refractivity contribution in [1.82, 2.24) is 15.2 Å². The first-order valence-corrected chi connectivity index (χ1v) is 7.72. The fraction of sp³-hybridized carbons (Fsp3) is 0.562. The van der Waals surface area contributed by atoms with E-state index in [1.54, 1.807) is 17.0 Å². The van der Waals surface area contributed by atoms with Crippen molar-refractivity contribution in [3.8, 4) is 5.88 Å². The second-order valence-corrected chi connectivity index (χ2v) is 5.45. The highest BCUT2D eigenvalue weighted by Crippen LogP contribution is 2.19. The highest BCUT2D eigenvalue weighted by Gasteiger charge is 2.27. The summed E-state index contributed by atoms with van der Waals surface area (Å²) in [7, 11) is 1.54. The molecule has 0 unspecified atom stereocenters. The number of methoxy groups -OCH3 is 1. The molecule has 2 amide bonds. The summed E-state index contributed by atoms with van der Waals surface area (Å²) in [5.41, 5.74) is 0.551. The Hall–Kier alpha value is -2.11. The number of piperidine rings is 1. The molecule has 1 aliphatic heterocycles. The number of aromatic nitrogens is 1. The fourth-order valence-electron chi connectivity index (χ4n) is 2.55. The lowest BCUT2D eigenvalue weighted by molar-refractivity contribution is -0.126. The van der Waals surface area contributed by atoms with Crippen LogP contribution in [0.4, 0.5) is 0 Å². The molecule has 6 heteroatoms. The van der Waals surface area contributed by atoms with Crippen LogP contribution in [-0.2, 0) is 4.79 Å². The third-order valence-corrected chi connectivity index (χ3v) is 3.89. The maximum Gasteiger partial charge on any atom is 0.255 e. The van der Waals surface area contributed by atoms with Gasteiger partial charge < -0.3 is 15.0 Å². The number of carbonyl (C=O) groups is 2. The van der Waals surface area contributed by atoms with Crippen LogP contribution < -0.4 is 10.1 Å². The van der Waals surface area contributed by atoms with E-state index in [9.17, 15) is 9.59 Å². The molecule has 1 aromatic heterocycles. The lowest BCUT2D eigenvalue weighted by Crippen LogP contribution is -2.43. The minimum absolute atomic E-state index is 0.0181. The van der Waals surface area contributed by atoms with E-state index in [0.29, 0.717) is 37.4 Å². The molecule has 1 saturated heterocycles. The standard InChI is InChI=1S/C16H23N3O3/c1-3-8-17-15(20)12-6-9-19(10-7-12)16(21)13-4-5-14(22-2)18-11-13/h4-5,11-12H,3,6-10H2,1-2H3,(H,17,20). The minimum Gasteiger partial charge on any atom is -0.481 e. The van der Waals surface area contributed by atoms with Crippen molar-refractivity contribution in [3.05, 3.63) is 23.9 Å². The number of likely N-dealkylation sites (tertiary alicyclic amines) is 1.